The lowest BCUT2D eigenvalue weighted by Gasteiger charge is -2.15. The van der Waals surface area contributed by atoms with Gasteiger partial charge in [-0.2, -0.15) is 0 Å². The molecule has 16 heavy (non-hydrogen) atoms. The van der Waals surface area contributed by atoms with Crippen LogP contribution in [0.3, 0.4) is 0 Å². The number of anilines is 1. The largest absolute Gasteiger partial charge is 0.370 e. The van der Waals surface area contributed by atoms with Gasteiger partial charge in [-0.3, -0.25) is 0 Å². The number of pyridine rings is 1. The van der Waals surface area contributed by atoms with Gasteiger partial charge >= 0.3 is 0 Å². The lowest BCUT2D eigenvalue weighted by atomic mass is 10.1. The maximum absolute atomic E-state index is 4.44. The predicted molar refractivity (Wildman–Crippen MR) is 67.6 cm³/mol. The van der Waals surface area contributed by atoms with Gasteiger partial charge in [0.1, 0.15) is 5.82 Å². The molecule has 0 saturated carbocycles. The predicted octanol–water partition coefficient (Wildman–Crippen LogP) is 2.72. The average Bonchev–Trinajstić information content (AvgIpc) is 2.83. The summed E-state index contributed by atoms with van der Waals surface area (Å²) >= 11 is 0. The van der Waals surface area contributed by atoms with Crippen LogP contribution < -0.4 is 10.6 Å². The van der Waals surface area contributed by atoms with Crippen molar-refractivity contribution in [2.24, 2.45) is 0 Å². The van der Waals surface area contributed by atoms with Crippen LogP contribution in [-0.2, 0) is 0 Å². The highest BCUT2D eigenvalue weighted by atomic mass is 15.0. The highest BCUT2D eigenvalue weighted by Crippen LogP contribution is 2.27. The molecule has 1 aliphatic rings. The molecule has 0 bridgehead atoms. The molecule has 1 aliphatic heterocycles. The topological polar surface area (TPSA) is 37.0 Å². The molecule has 1 aromatic rings. The summed E-state index contributed by atoms with van der Waals surface area (Å²) in [6, 6.07) is 4.71. The standard InChI is InChI=1S/C13H21N3/c1-2-3-8-15-13-11(6-4-10-16-13)12-7-5-9-14-12/h4,6,10,12,14H,2-3,5,7-9H2,1H3,(H,15,16). The first-order chi connectivity index (χ1) is 7.92. The van der Waals surface area contributed by atoms with Gasteiger partial charge in [0.15, 0.2) is 0 Å². The van der Waals surface area contributed by atoms with E-state index in [1.807, 2.05) is 12.3 Å². The summed E-state index contributed by atoms with van der Waals surface area (Å²) in [5.74, 6) is 1.07. The summed E-state index contributed by atoms with van der Waals surface area (Å²) in [6.07, 6.45) is 6.79. The summed E-state index contributed by atoms with van der Waals surface area (Å²) in [7, 11) is 0. The van der Waals surface area contributed by atoms with E-state index in [9.17, 15) is 0 Å². The number of hydrogen-bond donors (Lipinski definition) is 2. The van der Waals surface area contributed by atoms with Crippen LogP contribution in [0.1, 0.15) is 44.2 Å². The third-order valence-electron chi connectivity index (χ3n) is 3.10. The van der Waals surface area contributed by atoms with E-state index >= 15 is 0 Å². The van der Waals surface area contributed by atoms with E-state index in [1.165, 1.54) is 31.2 Å². The molecule has 1 aromatic heterocycles. The van der Waals surface area contributed by atoms with Crippen LogP contribution in [0, 0.1) is 0 Å². The van der Waals surface area contributed by atoms with Crippen LogP contribution in [-0.4, -0.2) is 18.1 Å². The minimum absolute atomic E-state index is 0.498. The number of nitrogens with one attached hydrogen (secondary N) is 2. The molecule has 0 radical (unpaired) electrons. The molecule has 1 saturated heterocycles. The zero-order chi connectivity index (χ0) is 11.2. The van der Waals surface area contributed by atoms with Crippen molar-refractivity contribution in [3.05, 3.63) is 23.9 Å². The summed E-state index contributed by atoms with van der Waals surface area (Å²) in [5, 5.41) is 6.96. The van der Waals surface area contributed by atoms with Crippen molar-refractivity contribution in [2.75, 3.05) is 18.4 Å². The monoisotopic (exact) mass is 219 g/mol. The van der Waals surface area contributed by atoms with Crippen LogP contribution in [0.15, 0.2) is 18.3 Å². The van der Waals surface area contributed by atoms with Crippen molar-refractivity contribution in [3.8, 4) is 0 Å². The van der Waals surface area contributed by atoms with E-state index < -0.39 is 0 Å². The summed E-state index contributed by atoms with van der Waals surface area (Å²) < 4.78 is 0. The second-order valence-corrected chi connectivity index (χ2v) is 4.37. The van der Waals surface area contributed by atoms with Crippen molar-refractivity contribution in [1.82, 2.24) is 10.3 Å². The zero-order valence-electron chi connectivity index (χ0n) is 10.00. The quantitative estimate of drug-likeness (QED) is 0.748. The summed E-state index contributed by atoms with van der Waals surface area (Å²) in [4.78, 5) is 4.44. The van der Waals surface area contributed by atoms with E-state index in [0.29, 0.717) is 6.04 Å². The number of hydrogen-bond acceptors (Lipinski definition) is 3. The van der Waals surface area contributed by atoms with Crippen LogP contribution in [0.25, 0.3) is 0 Å². The molecular weight excluding hydrogens is 198 g/mol. The maximum atomic E-state index is 4.44. The molecule has 88 valence electrons. The molecule has 3 heteroatoms. The van der Waals surface area contributed by atoms with Crippen molar-refractivity contribution in [2.45, 2.75) is 38.6 Å². The molecule has 0 aromatic carbocycles. The Hall–Kier alpha value is -1.09. The fraction of sp³-hybridized carbons (Fsp3) is 0.615. The van der Waals surface area contributed by atoms with Crippen LogP contribution >= 0.6 is 0 Å². The minimum Gasteiger partial charge on any atom is -0.370 e. The molecule has 2 heterocycles. The van der Waals surface area contributed by atoms with Gasteiger partial charge in [-0.05, 0) is 31.9 Å². The molecule has 1 unspecified atom stereocenters. The van der Waals surface area contributed by atoms with Gasteiger partial charge in [-0.15, -0.1) is 0 Å². The number of nitrogens with zero attached hydrogens (tertiary/aromatic N) is 1. The Morgan fingerprint density at radius 2 is 2.50 bits per heavy atom. The van der Waals surface area contributed by atoms with Gasteiger partial charge in [0.05, 0.1) is 0 Å². The molecule has 0 spiro atoms. The second kappa shape index (κ2) is 5.85. The van der Waals surface area contributed by atoms with Gasteiger partial charge in [-0.25, -0.2) is 4.98 Å². The number of unbranched alkanes of at least 4 members (excludes halogenated alkanes) is 1. The van der Waals surface area contributed by atoms with Gasteiger partial charge in [-0.1, -0.05) is 19.4 Å². The zero-order valence-corrected chi connectivity index (χ0v) is 10.00. The first-order valence-electron chi connectivity index (χ1n) is 6.34. The molecule has 1 fully saturated rings. The lowest BCUT2D eigenvalue weighted by molar-refractivity contribution is 0.645. The summed E-state index contributed by atoms with van der Waals surface area (Å²) in [5.41, 5.74) is 1.33. The maximum Gasteiger partial charge on any atom is 0.130 e. The average molecular weight is 219 g/mol. The van der Waals surface area contributed by atoms with Crippen molar-refractivity contribution >= 4 is 5.82 Å². The fourth-order valence-corrected chi connectivity index (χ4v) is 2.18. The van der Waals surface area contributed by atoms with Gasteiger partial charge < -0.3 is 10.6 Å². The Labute approximate surface area is 97.7 Å². The Bertz CT molecular complexity index is 319. The molecule has 0 aliphatic carbocycles. The molecule has 3 nitrogen and oxygen atoms in total. The molecule has 2 N–H and O–H groups in total. The fourth-order valence-electron chi connectivity index (χ4n) is 2.18. The van der Waals surface area contributed by atoms with E-state index in [4.69, 9.17) is 0 Å². The van der Waals surface area contributed by atoms with E-state index in [2.05, 4.69) is 28.6 Å². The summed E-state index contributed by atoms with van der Waals surface area (Å²) in [6.45, 7) is 4.36. The molecule has 0 amide bonds. The van der Waals surface area contributed by atoms with E-state index in [1.54, 1.807) is 0 Å². The van der Waals surface area contributed by atoms with Crippen molar-refractivity contribution in [1.29, 1.82) is 0 Å². The normalized spacial score (nSPS) is 19.9. The van der Waals surface area contributed by atoms with Crippen molar-refractivity contribution in [3.63, 3.8) is 0 Å². The van der Waals surface area contributed by atoms with Crippen LogP contribution in [0.4, 0.5) is 5.82 Å². The molecule has 1 atom stereocenters. The Kier molecular flexibility index (Phi) is 4.17. The van der Waals surface area contributed by atoms with Gasteiger partial charge in [0.2, 0.25) is 0 Å². The highest BCUT2D eigenvalue weighted by molar-refractivity contribution is 5.45. The van der Waals surface area contributed by atoms with E-state index in [0.717, 1.165) is 18.9 Å². The smallest absolute Gasteiger partial charge is 0.130 e. The first kappa shape index (κ1) is 11.4. The molecular formula is C13H21N3. The Balaban J connectivity index is 2.04. The molecule has 2 rings (SSSR count). The second-order valence-electron chi connectivity index (χ2n) is 4.37. The Morgan fingerprint density at radius 1 is 1.56 bits per heavy atom. The van der Waals surface area contributed by atoms with Crippen LogP contribution in [0.5, 0.6) is 0 Å². The number of rotatable bonds is 5. The lowest BCUT2D eigenvalue weighted by Crippen LogP contribution is -2.16. The Morgan fingerprint density at radius 3 is 3.25 bits per heavy atom. The van der Waals surface area contributed by atoms with Crippen LogP contribution in [0.2, 0.25) is 0 Å². The third kappa shape index (κ3) is 2.73. The highest BCUT2D eigenvalue weighted by Gasteiger charge is 2.19. The van der Waals surface area contributed by atoms with Gasteiger partial charge in [0, 0.05) is 24.3 Å². The van der Waals surface area contributed by atoms with E-state index in [-0.39, 0.29) is 0 Å². The number of aromatic nitrogens is 1. The minimum atomic E-state index is 0.498. The first-order valence-corrected chi connectivity index (χ1v) is 6.34. The third-order valence-corrected chi connectivity index (χ3v) is 3.10. The SMILES string of the molecule is CCCCNc1ncccc1C1CCCN1. The van der Waals surface area contributed by atoms with Crippen molar-refractivity contribution < 1.29 is 0 Å². The van der Waals surface area contributed by atoms with Gasteiger partial charge in [0.25, 0.3) is 0 Å².